The molecule has 3 fully saturated rings. The molecule has 0 radical (unpaired) electrons. The van der Waals surface area contributed by atoms with Crippen LogP contribution in [0.15, 0.2) is 66.7 Å². The summed E-state index contributed by atoms with van der Waals surface area (Å²) in [4.78, 5) is 17.6. The Labute approximate surface area is 259 Å². The fourth-order valence-corrected chi connectivity index (χ4v) is 5.79. The molecule has 3 aliphatic rings. The molecule has 3 aliphatic heterocycles. The van der Waals surface area contributed by atoms with E-state index in [1.165, 1.54) is 6.07 Å². The molecule has 0 spiro atoms. The minimum atomic E-state index is -0.288. The number of amides is 1. The van der Waals surface area contributed by atoms with Crippen LogP contribution in [0.1, 0.15) is 29.6 Å². The molecule has 226 valence electrons. The van der Waals surface area contributed by atoms with Crippen LogP contribution in [0, 0.1) is 5.82 Å². The third-order valence-electron chi connectivity index (χ3n) is 7.99. The van der Waals surface area contributed by atoms with Crippen molar-refractivity contribution in [2.24, 2.45) is 0 Å². The maximum atomic E-state index is 14.4. The molecular formula is C32H39Cl2FN4O3. The highest BCUT2D eigenvalue weighted by Crippen LogP contribution is 2.33. The Kier molecular flexibility index (Phi) is 11.3. The third-order valence-corrected chi connectivity index (χ3v) is 7.99. The lowest BCUT2D eigenvalue weighted by Crippen LogP contribution is -2.43. The fraction of sp³-hybridized carbons (Fsp3) is 0.406. The number of hydrogen-bond acceptors (Lipinski definition) is 6. The Morgan fingerprint density at radius 1 is 0.786 bits per heavy atom. The molecule has 0 saturated carbocycles. The third kappa shape index (κ3) is 7.67. The number of benzene rings is 3. The van der Waals surface area contributed by atoms with Crippen molar-refractivity contribution in [1.29, 1.82) is 0 Å². The molecule has 3 heterocycles. The van der Waals surface area contributed by atoms with Gasteiger partial charge in [-0.3, -0.25) is 4.79 Å². The van der Waals surface area contributed by atoms with Crippen molar-refractivity contribution in [3.05, 3.63) is 78.1 Å². The number of ether oxygens (including phenoxy) is 2. The van der Waals surface area contributed by atoms with Crippen LogP contribution < -0.4 is 25.0 Å². The Balaban J connectivity index is 0.00000202. The zero-order valence-corrected chi connectivity index (χ0v) is 25.2. The normalized spacial score (nSPS) is 19.0. The summed E-state index contributed by atoms with van der Waals surface area (Å²) in [6.07, 6.45) is 2.45. The molecule has 2 N–H and O–H groups in total. The van der Waals surface area contributed by atoms with Crippen LogP contribution in [0.25, 0.3) is 11.1 Å². The summed E-state index contributed by atoms with van der Waals surface area (Å²) in [5.41, 5.74) is 3.47. The number of nitrogens with zero attached hydrogens (tertiary/aromatic N) is 2. The minimum absolute atomic E-state index is 0. The largest absolute Gasteiger partial charge is 0.490 e. The Morgan fingerprint density at radius 3 is 2.26 bits per heavy atom. The van der Waals surface area contributed by atoms with Gasteiger partial charge in [-0.2, -0.15) is 0 Å². The van der Waals surface area contributed by atoms with Crippen LogP contribution in [-0.4, -0.2) is 75.4 Å². The van der Waals surface area contributed by atoms with E-state index >= 15 is 0 Å². The van der Waals surface area contributed by atoms with Gasteiger partial charge in [-0.15, -0.1) is 24.8 Å². The van der Waals surface area contributed by atoms with E-state index in [0.29, 0.717) is 37.2 Å². The van der Waals surface area contributed by atoms with Crippen molar-refractivity contribution in [1.82, 2.24) is 15.5 Å². The number of rotatable bonds is 7. The van der Waals surface area contributed by atoms with Crippen LogP contribution in [0.3, 0.4) is 0 Å². The lowest BCUT2D eigenvalue weighted by molar-refractivity contribution is 0.0595. The maximum absolute atomic E-state index is 14.4. The van der Waals surface area contributed by atoms with E-state index in [1.54, 1.807) is 6.07 Å². The smallest absolute Gasteiger partial charge is 0.253 e. The second kappa shape index (κ2) is 14.9. The van der Waals surface area contributed by atoms with Crippen molar-refractivity contribution in [2.45, 2.75) is 31.5 Å². The number of halogens is 3. The monoisotopic (exact) mass is 616 g/mol. The molecule has 3 saturated heterocycles. The number of anilines is 1. The summed E-state index contributed by atoms with van der Waals surface area (Å²) < 4.78 is 26.9. The average Bonchev–Trinajstić information content (AvgIpc) is 3.51. The average molecular weight is 618 g/mol. The molecule has 3 aromatic rings. The van der Waals surface area contributed by atoms with Crippen LogP contribution >= 0.6 is 24.8 Å². The van der Waals surface area contributed by atoms with Gasteiger partial charge in [-0.05, 0) is 42.8 Å². The predicted molar refractivity (Wildman–Crippen MR) is 169 cm³/mol. The van der Waals surface area contributed by atoms with Gasteiger partial charge in [0, 0.05) is 87.6 Å². The van der Waals surface area contributed by atoms with Gasteiger partial charge in [0.15, 0.2) is 0 Å². The Bertz CT molecular complexity index is 1310. The zero-order chi connectivity index (χ0) is 27.3. The molecule has 3 aromatic carbocycles. The van der Waals surface area contributed by atoms with Crippen molar-refractivity contribution < 1.29 is 18.7 Å². The van der Waals surface area contributed by atoms with Crippen molar-refractivity contribution in [2.75, 3.05) is 57.3 Å². The van der Waals surface area contributed by atoms with Crippen LogP contribution in [0.2, 0.25) is 0 Å². The van der Waals surface area contributed by atoms with Crippen LogP contribution in [0.4, 0.5) is 10.1 Å². The molecule has 1 atom stereocenters. The standard InChI is InChI=1S/C32H37FN4O3.2ClH/c33-25-19-26(36-16-12-34-13-17-36)21-29(20-25)39-27-9-14-37(15-10-27)32(38)24-6-7-31(40-28-8-11-35-22-28)30(18-24)23-4-2-1-3-5-23;;/h1-7,18-21,27-28,34-35H,8-17,22H2;2*1H/t28-;;/m0../s1. The van der Waals surface area contributed by atoms with E-state index in [1.807, 2.05) is 59.5 Å². The van der Waals surface area contributed by atoms with Crippen molar-refractivity contribution in [3.63, 3.8) is 0 Å². The summed E-state index contributed by atoms with van der Waals surface area (Å²) in [6, 6.07) is 20.8. The van der Waals surface area contributed by atoms with E-state index in [9.17, 15) is 9.18 Å². The lowest BCUT2D eigenvalue weighted by atomic mass is 10.00. The fourth-order valence-electron chi connectivity index (χ4n) is 5.79. The van der Waals surface area contributed by atoms with Gasteiger partial charge >= 0.3 is 0 Å². The maximum Gasteiger partial charge on any atom is 0.253 e. The first-order chi connectivity index (χ1) is 19.6. The topological polar surface area (TPSA) is 66.1 Å². The van der Waals surface area contributed by atoms with E-state index < -0.39 is 0 Å². The number of piperidine rings is 1. The summed E-state index contributed by atoms with van der Waals surface area (Å²) in [5.74, 6) is 1.08. The first-order valence-electron chi connectivity index (χ1n) is 14.4. The number of hydrogen-bond donors (Lipinski definition) is 2. The molecule has 0 aliphatic carbocycles. The molecule has 10 heteroatoms. The SMILES string of the molecule is Cl.Cl.O=C(c1ccc(O[C@H]2CCNC2)c(-c2ccccc2)c1)N1CCC(Oc2cc(F)cc(N3CCNCC3)c2)CC1. The van der Waals surface area contributed by atoms with Gasteiger partial charge in [0.25, 0.3) is 5.91 Å². The number of likely N-dealkylation sites (tertiary alicyclic amines) is 1. The molecule has 42 heavy (non-hydrogen) atoms. The first-order valence-corrected chi connectivity index (χ1v) is 14.4. The van der Waals surface area contributed by atoms with Crippen LogP contribution in [-0.2, 0) is 0 Å². The number of nitrogens with one attached hydrogen (secondary N) is 2. The van der Waals surface area contributed by atoms with Gasteiger partial charge in [-0.25, -0.2) is 4.39 Å². The second-order valence-corrected chi connectivity index (χ2v) is 10.8. The van der Waals surface area contributed by atoms with Gasteiger partial charge in [0.05, 0.1) is 0 Å². The Hall–Kier alpha value is -3.04. The van der Waals surface area contributed by atoms with Crippen LogP contribution in [0.5, 0.6) is 11.5 Å². The molecule has 0 aromatic heterocycles. The minimum Gasteiger partial charge on any atom is -0.490 e. The summed E-state index contributed by atoms with van der Waals surface area (Å²) in [6.45, 7) is 6.45. The molecule has 7 nitrogen and oxygen atoms in total. The number of carbonyl (C=O) groups excluding carboxylic acids is 1. The number of carbonyl (C=O) groups is 1. The highest BCUT2D eigenvalue weighted by molar-refractivity contribution is 5.96. The summed E-state index contributed by atoms with van der Waals surface area (Å²) >= 11 is 0. The molecule has 0 unspecified atom stereocenters. The highest BCUT2D eigenvalue weighted by atomic mass is 35.5. The lowest BCUT2D eigenvalue weighted by Gasteiger charge is -2.33. The van der Waals surface area contributed by atoms with E-state index in [-0.39, 0.29) is 48.7 Å². The molecule has 1 amide bonds. The van der Waals surface area contributed by atoms with Gasteiger partial charge in [0.1, 0.15) is 29.5 Å². The first kappa shape index (κ1) is 31.9. The highest BCUT2D eigenvalue weighted by Gasteiger charge is 2.26. The van der Waals surface area contributed by atoms with E-state index in [4.69, 9.17) is 9.47 Å². The van der Waals surface area contributed by atoms with Crippen molar-refractivity contribution >= 4 is 36.4 Å². The van der Waals surface area contributed by atoms with Gasteiger partial charge in [-0.1, -0.05) is 30.3 Å². The zero-order valence-electron chi connectivity index (χ0n) is 23.6. The summed E-state index contributed by atoms with van der Waals surface area (Å²) in [5, 5.41) is 6.67. The molecular weight excluding hydrogens is 578 g/mol. The summed E-state index contributed by atoms with van der Waals surface area (Å²) in [7, 11) is 0. The van der Waals surface area contributed by atoms with E-state index in [2.05, 4.69) is 15.5 Å². The molecule has 0 bridgehead atoms. The van der Waals surface area contributed by atoms with Gasteiger partial charge < -0.3 is 29.9 Å². The molecule has 6 rings (SSSR count). The Morgan fingerprint density at radius 2 is 1.55 bits per heavy atom. The van der Waals surface area contributed by atoms with Crippen molar-refractivity contribution in [3.8, 4) is 22.6 Å². The second-order valence-electron chi connectivity index (χ2n) is 10.8. The van der Waals surface area contributed by atoms with E-state index in [0.717, 1.165) is 68.3 Å². The van der Waals surface area contributed by atoms with Gasteiger partial charge in [0.2, 0.25) is 0 Å². The quantitative estimate of drug-likeness (QED) is 0.382. The predicted octanol–water partition coefficient (Wildman–Crippen LogP) is 5.17. The number of piperazine rings is 1.